The van der Waals surface area contributed by atoms with E-state index in [1.165, 1.54) is 16.3 Å². The molecule has 2 N–H and O–H groups in total. The minimum atomic E-state index is -0.0367. The molecule has 1 saturated heterocycles. The van der Waals surface area contributed by atoms with Crippen LogP contribution in [0.1, 0.15) is 25.0 Å². The standard InChI is InChI=1S/C18H20N2O/c1-12(2)8-13-6-7-14-4-3-5-15(17(14)9-13)10-16-11-19-20-18(16)21/h3-7,9-10,12,19H,8,11H2,1-2H3,(H,20,21)/b16-10+. The second kappa shape index (κ2) is 5.70. The van der Waals surface area contributed by atoms with E-state index in [0.29, 0.717) is 12.5 Å². The van der Waals surface area contributed by atoms with Crippen molar-refractivity contribution in [3.05, 3.63) is 53.1 Å². The summed E-state index contributed by atoms with van der Waals surface area (Å²) in [6.45, 7) is 5.03. The minimum Gasteiger partial charge on any atom is -0.287 e. The fraction of sp³-hybridized carbons (Fsp3) is 0.278. The van der Waals surface area contributed by atoms with Crippen molar-refractivity contribution in [3.8, 4) is 0 Å². The first kappa shape index (κ1) is 13.8. The van der Waals surface area contributed by atoms with Crippen LogP contribution in [0.25, 0.3) is 16.8 Å². The van der Waals surface area contributed by atoms with Gasteiger partial charge in [-0.25, -0.2) is 5.43 Å². The quantitative estimate of drug-likeness (QED) is 0.848. The van der Waals surface area contributed by atoms with E-state index in [-0.39, 0.29) is 5.91 Å². The molecule has 0 unspecified atom stereocenters. The van der Waals surface area contributed by atoms with E-state index >= 15 is 0 Å². The fourth-order valence-electron chi connectivity index (χ4n) is 2.75. The molecule has 1 aliphatic heterocycles. The lowest BCUT2D eigenvalue weighted by Crippen LogP contribution is -2.25. The van der Waals surface area contributed by atoms with Crippen LogP contribution >= 0.6 is 0 Å². The molecule has 2 aromatic carbocycles. The molecule has 21 heavy (non-hydrogen) atoms. The summed E-state index contributed by atoms with van der Waals surface area (Å²) in [6.07, 6.45) is 3.06. The molecule has 0 spiro atoms. The van der Waals surface area contributed by atoms with Crippen molar-refractivity contribution in [1.29, 1.82) is 0 Å². The Morgan fingerprint density at radius 1 is 1.24 bits per heavy atom. The highest BCUT2D eigenvalue weighted by Gasteiger charge is 2.15. The van der Waals surface area contributed by atoms with Gasteiger partial charge >= 0.3 is 0 Å². The van der Waals surface area contributed by atoms with Gasteiger partial charge in [0.05, 0.1) is 0 Å². The molecule has 3 heteroatoms. The molecular weight excluding hydrogens is 260 g/mol. The monoisotopic (exact) mass is 280 g/mol. The summed E-state index contributed by atoms with van der Waals surface area (Å²) >= 11 is 0. The van der Waals surface area contributed by atoms with Crippen LogP contribution in [0.2, 0.25) is 0 Å². The predicted molar refractivity (Wildman–Crippen MR) is 86.6 cm³/mol. The Morgan fingerprint density at radius 3 is 2.81 bits per heavy atom. The first-order valence-corrected chi connectivity index (χ1v) is 7.39. The molecule has 0 aliphatic carbocycles. The van der Waals surface area contributed by atoms with E-state index in [1.54, 1.807) is 0 Å². The maximum atomic E-state index is 11.7. The van der Waals surface area contributed by atoms with Crippen LogP contribution in [0, 0.1) is 5.92 Å². The van der Waals surface area contributed by atoms with Gasteiger partial charge in [-0.05, 0) is 40.3 Å². The summed E-state index contributed by atoms with van der Waals surface area (Å²) in [5.74, 6) is 0.600. The molecule has 2 aromatic rings. The zero-order valence-corrected chi connectivity index (χ0v) is 12.4. The van der Waals surface area contributed by atoms with Crippen molar-refractivity contribution in [2.45, 2.75) is 20.3 Å². The average Bonchev–Trinajstić information content (AvgIpc) is 2.84. The largest absolute Gasteiger partial charge is 0.287 e. The van der Waals surface area contributed by atoms with Crippen molar-refractivity contribution in [1.82, 2.24) is 10.9 Å². The van der Waals surface area contributed by atoms with E-state index in [4.69, 9.17) is 0 Å². The Labute approximate surface area is 125 Å². The van der Waals surface area contributed by atoms with Crippen molar-refractivity contribution >= 4 is 22.8 Å². The smallest absolute Gasteiger partial charge is 0.262 e. The average molecular weight is 280 g/mol. The molecule has 1 amide bonds. The van der Waals surface area contributed by atoms with E-state index in [2.05, 4.69) is 55.0 Å². The summed E-state index contributed by atoms with van der Waals surface area (Å²) in [5.41, 5.74) is 8.70. The molecular formula is C18H20N2O. The van der Waals surface area contributed by atoms with Crippen LogP contribution in [0.3, 0.4) is 0 Å². The molecule has 0 aromatic heterocycles. The number of fused-ring (bicyclic) bond motifs is 1. The Hall–Kier alpha value is -2.13. The van der Waals surface area contributed by atoms with Gasteiger partial charge < -0.3 is 0 Å². The number of amides is 1. The van der Waals surface area contributed by atoms with Crippen LogP contribution in [-0.4, -0.2) is 12.5 Å². The lowest BCUT2D eigenvalue weighted by molar-refractivity contribution is -0.116. The number of hydrogen-bond donors (Lipinski definition) is 2. The Bertz CT molecular complexity index is 716. The topological polar surface area (TPSA) is 41.1 Å². The van der Waals surface area contributed by atoms with Crippen LogP contribution < -0.4 is 10.9 Å². The summed E-state index contributed by atoms with van der Waals surface area (Å²) in [4.78, 5) is 11.7. The molecule has 1 aliphatic rings. The van der Waals surface area contributed by atoms with E-state index in [1.807, 2.05) is 12.1 Å². The zero-order chi connectivity index (χ0) is 14.8. The van der Waals surface area contributed by atoms with Gasteiger partial charge in [-0.15, -0.1) is 0 Å². The summed E-state index contributed by atoms with van der Waals surface area (Å²) in [7, 11) is 0. The van der Waals surface area contributed by atoms with Crippen LogP contribution in [0.5, 0.6) is 0 Å². The van der Waals surface area contributed by atoms with Gasteiger partial charge in [-0.2, -0.15) is 0 Å². The van der Waals surface area contributed by atoms with Gasteiger partial charge in [0.2, 0.25) is 0 Å². The third kappa shape index (κ3) is 2.98. The van der Waals surface area contributed by atoms with Gasteiger partial charge in [0, 0.05) is 12.1 Å². The first-order valence-electron chi connectivity index (χ1n) is 7.39. The molecule has 108 valence electrons. The Kier molecular flexibility index (Phi) is 3.76. The molecule has 0 bridgehead atoms. The molecule has 3 nitrogen and oxygen atoms in total. The maximum absolute atomic E-state index is 11.7. The highest BCUT2D eigenvalue weighted by molar-refractivity contribution is 6.02. The Morgan fingerprint density at radius 2 is 2.10 bits per heavy atom. The molecule has 1 heterocycles. The highest BCUT2D eigenvalue weighted by Crippen LogP contribution is 2.24. The zero-order valence-electron chi connectivity index (χ0n) is 12.4. The molecule has 0 radical (unpaired) electrons. The van der Waals surface area contributed by atoms with Crippen LogP contribution in [0.15, 0.2) is 42.0 Å². The van der Waals surface area contributed by atoms with E-state index in [0.717, 1.165) is 17.6 Å². The van der Waals surface area contributed by atoms with E-state index in [9.17, 15) is 4.79 Å². The minimum absolute atomic E-state index is 0.0367. The Balaban J connectivity index is 2.07. The summed E-state index contributed by atoms with van der Waals surface area (Å²) in [5, 5.41) is 2.42. The number of nitrogens with one attached hydrogen (secondary N) is 2. The molecule has 1 fully saturated rings. The number of hydrogen-bond acceptors (Lipinski definition) is 2. The number of carbonyl (C=O) groups is 1. The van der Waals surface area contributed by atoms with Crippen LogP contribution in [-0.2, 0) is 11.2 Å². The third-order valence-electron chi connectivity index (χ3n) is 3.73. The number of hydrazine groups is 1. The fourth-order valence-corrected chi connectivity index (χ4v) is 2.75. The van der Waals surface area contributed by atoms with Crippen molar-refractivity contribution in [3.63, 3.8) is 0 Å². The molecule has 0 saturated carbocycles. The molecule has 3 rings (SSSR count). The maximum Gasteiger partial charge on any atom is 0.262 e. The second-order valence-corrected chi connectivity index (χ2v) is 5.98. The van der Waals surface area contributed by atoms with Crippen molar-refractivity contribution < 1.29 is 4.79 Å². The lowest BCUT2D eigenvalue weighted by atomic mass is 9.96. The highest BCUT2D eigenvalue weighted by atomic mass is 16.2. The number of benzene rings is 2. The van der Waals surface area contributed by atoms with Gasteiger partial charge in [-0.3, -0.25) is 10.2 Å². The van der Waals surface area contributed by atoms with Gasteiger partial charge in [0.15, 0.2) is 0 Å². The van der Waals surface area contributed by atoms with Crippen LogP contribution in [0.4, 0.5) is 0 Å². The summed E-state index contributed by atoms with van der Waals surface area (Å²) in [6, 6.07) is 12.8. The normalized spacial score (nSPS) is 16.9. The number of carbonyl (C=O) groups excluding carboxylic acids is 1. The van der Waals surface area contributed by atoms with Gasteiger partial charge in [-0.1, -0.05) is 50.2 Å². The third-order valence-corrected chi connectivity index (χ3v) is 3.73. The lowest BCUT2D eigenvalue weighted by Gasteiger charge is -2.09. The van der Waals surface area contributed by atoms with Crippen molar-refractivity contribution in [2.24, 2.45) is 5.92 Å². The number of rotatable bonds is 3. The van der Waals surface area contributed by atoms with E-state index < -0.39 is 0 Å². The van der Waals surface area contributed by atoms with Gasteiger partial charge in [0.1, 0.15) is 0 Å². The first-order chi connectivity index (χ1) is 10.1. The summed E-state index contributed by atoms with van der Waals surface area (Å²) < 4.78 is 0. The van der Waals surface area contributed by atoms with Crippen molar-refractivity contribution in [2.75, 3.05) is 6.54 Å². The van der Waals surface area contributed by atoms with Gasteiger partial charge in [0.25, 0.3) is 5.91 Å². The molecule has 0 atom stereocenters. The SMILES string of the molecule is CC(C)Cc1ccc2cccc(/C=C3\CNNC3=O)c2c1. The predicted octanol–water partition coefficient (Wildman–Crippen LogP) is 3.06. The second-order valence-electron chi connectivity index (χ2n) is 5.98.